The minimum absolute atomic E-state index is 0.0185. The van der Waals surface area contributed by atoms with Crippen LogP contribution in [0, 0.1) is 5.41 Å². The van der Waals surface area contributed by atoms with Gasteiger partial charge in [0.1, 0.15) is 0 Å². The van der Waals surface area contributed by atoms with Gasteiger partial charge in [-0.1, -0.05) is 19.9 Å². The van der Waals surface area contributed by atoms with Gasteiger partial charge in [0.05, 0.1) is 0 Å². The third kappa shape index (κ3) is 2.30. The lowest BCUT2D eigenvalue weighted by Crippen LogP contribution is -2.37. The summed E-state index contributed by atoms with van der Waals surface area (Å²) in [6.07, 6.45) is 0.717. The first-order valence-corrected chi connectivity index (χ1v) is 5.60. The molecule has 0 fully saturated rings. The van der Waals surface area contributed by atoms with E-state index in [2.05, 4.69) is 10.6 Å². The van der Waals surface area contributed by atoms with E-state index in [-0.39, 0.29) is 17.2 Å². The van der Waals surface area contributed by atoms with Crippen LogP contribution < -0.4 is 10.6 Å². The van der Waals surface area contributed by atoms with Crippen molar-refractivity contribution >= 4 is 23.2 Å². The molecule has 0 saturated carbocycles. The van der Waals surface area contributed by atoms with E-state index in [1.165, 1.54) is 6.92 Å². The molecule has 1 aliphatic rings. The lowest BCUT2D eigenvalue weighted by atomic mass is 9.81. The Morgan fingerprint density at radius 3 is 2.76 bits per heavy atom. The largest absolute Gasteiger partial charge is 0.326 e. The number of fused-ring (bicyclic) bond motifs is 1. The fraction of sp³-hybridized carbons (Fsp3) is 0.385. The first kappa shape index (κ1) is 11.6. The van der Waals surface area contributed by atoms with Crippen LogP contribution >= 0.6 is 0 Å². The van der Waals surface area contributed by atoms with Crippen molar-refractivity contribution in [1.82, 2.24) is 0 Å². The third-order valence-electron chi connectivity index (χ3n) is 2.93. The van der Waals surface area contributed by atoms with Gasteiger partial charge in [-0.05, 0) is 24.1 Å². The summed E-state index contributed by atoms with van der Waals surface area (Å²) >= 11 is 0. The fourth-order valence-corrected chi connectivity index (χ4v) is 1.98. The van der Waals surface area contributed by atoms with Gasteiger partial charge < -0.3 is 10.6 Å². The standard InChI is InChI=1S/C13H16N2O2/c1-8(16)14-10-5-4-9-7-13(2,3)12(17)15-11(9)6-10/h4-6H,7H2,1-3H3,(H,14,16)(H,15,17). The number of nitrogens with one attached hydrogen (secondary N) is 2. The molecule has 0 radical (unpaired) electrons. The molecule has 4 heteroatoms. The highest BCUT2D eigenvalue weighted by atomic mass is 16.2. The van der Waals surface area contributed by atoms with Crippen LogP contribution in [-0.4, -0.2) is 11.8 Å². The van der Waals surface area contributed by atoms with Gasteiger partial charge in [0, 0.05) is 23.7 Å². The van der Waals surface area contributed by atoms with Crippen molar-refractivity contribution in [2.45, 2.75) is 27.2 Å². The second kappa shape index (κ2) is 3.87. The summed E-state index contributed by atoms with van der Waals surface area (Å²) in [5.74, 6) is -0.0996. The number of hydrogen-bond acceptors (Lipinski definition) is 2. The van der Waals surface area contributed by atoms with Crippen LogP contribution in [0.4, 0.5) is 11.4 Å². The summed E-state index contributed by atoms with van der Waals surface area (Å²) < 4.78 is 0. The maximum absolute atomic E-state index is 11.8. The molecule has 2 N–H and O–H groups in total. The molecule has 2 amide bonds. The van der Waals surface area contributed by atoms with Gasteiger partial charge in [-0.3, -0.25) is 9.59 Å². The quantitative estimate of drug-likeness (QED) is 0.779. The Bertz CT molecular complexity index is 492. The molecule has 1 aromatic carbocycles. The smallest absolute Gasteiger partial charge is 0.230 e. The molecule has 1 aliphatic heterocycles. The Labute approximate surface area is 100 Å². The van der Waals surface area contributed by atoms with Gasteiger partial charge in [0.25, 0.3) is 0 Å². The van der Waals surface area contributed by atoms with E-state index in [0.717, 1.165) is 11.3 Å². The van der Waals surface area contributed by atoms with Crippen LogP contribution in [-0.2, 0) is 16.0 Å². The van der Waals surface area contributed by atoms with Crippen molar-refractivity contribution in [3.8, 4) is 0 Å². The molecule has 0 spiro atoms. The Hall–Kier alpha value is -1.84. The molecule has 0 unspecified atom stereocenters. The van der Waals surface area contributed by atoms with E-state index < -0.39 is 0 Å². The first-order valence-electron chi connectivity index (χ1n) is 5.60. The minimum Gasteiger partial charge on any atom is -0.326 e. The van der Waals surface area contributed by atoms with Crippen LogP contribution in [0.2, 0.25) is 0 Å². The third-order valence-corrected chi connectivity index (χ3v) is 2.93. The average Bonchev–Trinajstić information content (AvgIpc) is 2.19. The minimum atomic E-state index is -0.372. The molecule has 0 bridgehead atoms. The topological polar surface area (TPSA) is 58.2 Å². The average molecular weight is 232 g/mol. The molecule has 0 aliphatic carbocycles. The molecular weight excluding hydrogens is 216 g/mol. The van der Waals surface area contributed by atoms with Gasteiger partial charge in [-0.15, -0.1) is 0 Å². The summed E-state index contributed by atoms with van der Waals surface area (Å²) in [5.41, 5.74) is 2.23. The number of hydrogen-bond donors (Lipinski definition) is 2. The number of amides is 2. The van der Waals surface area contributed by atoms with Crippen molar-refractivity contribution in [3.63, 3.8) is 0 Å². The SMILES string of the molecule is CC(=O)Nc1ccc2c(c1)NC(=O)C(C)(C)C2. The Kier molecular flexibility index (Phi) is 2.65. The Balaban J connectivity index is 2.32. The van der Waals surface area contributed by atoms with Crippen LogP contribution in [0.15, 0.2) is 18.2 Å². The summed E-state index contributed by atoms with van der Waals surface area (Å²) in [6.45, 7) is 5.31. The van der Waals surface area contributed by atoms with E-state index >= 15 is 0 Å². The van der Waals surface area contributed by atoms with Gasteiger partial charge in [0.2, 0.25) is 11.8 Å². The molecule has 1 heterocycles. The van der Waals surface area contributed by atoms with Crippen molar-refractivity contribution < 1.29 is 9.59 Å². The van der Waals surface area contributed by atoms with Gasteiger partial charge in [0.15, 0.2) is 0 Å². The Morgan fingerprint density at radius 2 is 2.12 bits per heavy atom. The van der Waals surface area contributed by atoms with Crippen LogP contribution in [0.25, 0.3) is 0 Å². The second-order valence-electron chi connectivity index (χ2n) is 5.07. The van der Waals surface area contributed by atoms with Crippen molar-refractivity contribution in [2.24, 2.45) is 5.41 Å². The van der Waals surface area contributed by atoms with Gasteiger partial charge in [-0.2, -0.15) is 0 Å². The predicted molar refractivity (Wildman–Crippen MR) is 66.9 cm³/mol. The predicted octanol–water partition coefficient (Wildman–Crippen LogP) is 2.17. The summed E-state index contributed by atoms with van der Waals surface area (Å²) in [7, 11) is 0. The first-order chi connectivity index (χ1) is 7.88. The molecule has 2 rings (SSSR count). The summed E-state index contributed by atoms with van der Waals surface area (Å²) in [5, 5.41) is 5.57. The lowest BCUT2D eigenvalue weighted by Gasteiger charge is -2.30. The second-order valence-corrected chi connectivity index (χ2v) is 5.07. The number of anilines is 2. The summed E-state index contributed by atoms with van der Waals surface area (Å²) in [4.78, 5) is 22.8. The zero-order valence-electron chi connectivity index (χ0n) is 10.3. The van der Waals surface area contributed by atoms with Crippen LogP contribution in [0.1, 0.15) is 26.3 Å². The molecule has 0 atom stereocenters. The molecule has 0 aromatic heterocycles. The number of benzene rings is 1. The number of rotatable bonds is 1. The Morgan fingerprint density at radius 1 is 1.41 bits per heavy atom. The molecule has 0 saturated heterocycles. The maximum Gasteiger partial charge on any atom is 0.230 e. The highest BCUT2D eigenvalue weighted by Gasteiger charge is 2.33. The van der Waals surface area contributed by atoms with E-state index in [1.807, 2.05) is 26.0 Å². The number of carbonyl (C=O) groups excluding carboxylic acids is 2. The zero-order valence-corrected chi connectivity index (χ0v) is 10.3. The van der Waals surface area contributed by atoms with Crippen LogP contribution in [0.3, 0.4) is 0 Å². The van der Waals surface area contributed by atoms with E-state index in [9.17, 15) is 9.59 Å². The van der Waals surface area contributed by atoms with Gasteiger partial charge >= 0.3 is 0 Å². The highest BCUT2D eigenvalue weighted by Crippen LogP contribution is 2.34. The molecule has 90 valence electrons. The maximum atomic E-state index is 11.8. The van der Waals surface area contributed by atoms with Crippen molar-refractivity contribution in [3.05, 3.63) is 23.8 Å². The fourth-order valence-electron chi connectivity index (χ4n) is 1.98. The molecule has 1 aromatic rings. The lowest BCUT2D eigenvalue weighted by molar-refractivity contribution is -0.124. The summed E-state index contributed by atoms with van der Waals surface area (Å²) in [6, 6.07) is 5.60. The normalized spacial score (nSPS) is 17.0. The monoisotopic (exact) mass is 232 g/mol. The van der Waals surface area contributed by atoms with Gasteiger partial charge in [-0.25, -0.2) is 0 Å². The molecular formula is C13H16N2O2. The van der Waals surface area contributed by atoms with E-state index in [4.69, 9.17) is 0 Å². The number of carbonyl (C=O) groups is 2. The highest BCUT2D eigenvalue weighted by molar-refractivity contribution is 5.99. The van der Waals surface area contributed by atoms with Crippen molar-refractivity contribution in [2.75, 3.05) is 10.6 Å². The van der Waals surface area contributed by atoms with E-state index in [0.29, 0.717) is 12.1 Å². The molecule has 17 heavy (non-hydrogen) atoms. The van der Waals surface area contributed by atoms with Crippen LogP contribution in [0.5, 0.6) is 0 Å². The van der Waals surface area contributed by atoms with E-state index in [1.54, 1.807) is 6.07 Å². The molecule has 4 nitrogen and oxygen atoms in total. The zero-order chi connectivity index (χ0) is 12.6. The van der Waals surface area contributed by atoms with Crippen molar-refractivity contribution in [1.29, 1.82) is 0 Å².